The van der Waals surface area contributed by atoms with Crippen molar-refractivity contribution in [2.75, 3.05) is 7.11 Å². The fourth-order valence-corrected chi connectivity index (χ4v) is 2.31. The van der Waals surface area contributed by atoms with E-state index in [1.807, 2.05) is 28.9 Å². The summed E-state index contributed by atoms with van der Waals surface area (Å²) in [6.07, 6.45) is 4.16. The monoisotopic (exact) mass is 289 g/mol. The molecule has 0 bridgehead atoms. The van der Waals surface area contributed by atoms with Gasteiger partial charge in [0.05, 0.1) is 19.4 Å². The molecule has 0 atom stereocenters. The molecule has 2 aromatic rings. The maximum Gasteiger partial charge on any atom is 0.118 e. The summed E-state index contributed by atoms with van der Waals surface area (Å²) in [7, 11) is 1.66. The molecule has 0 radical (unpaired) electrons. The molecule has 1 aromatic carbocycles. The van der Waals surface area contributed by atoms with Gasteiger partial charge in [-0.3, -0.25) is 0 Å². The highest BCUT2D eigenvalue weighted by atomic mass is 16.5. The third-order valence-electron chi connectivity index (χ3n) is 3.57. The Labute approximate surface area is 125 Å². The van der Waals surface area contributed by atoms with E-state index in [9.17, 15) is 5.11 Å². The quantitative estimate of drug-likeness (QED) is 0.759. The van der Waals surface area contributed by atoms with Crippen LogP contribution in [0, 0.1) is 0 Å². The van der Waals surface area contributed by atoms with E-state index in [1.54, 1.807) is 7.11 Å². The topological polar surface area (TPSA) is 60.2 Å². The van der Waals surface area contributed by atoms with Crippen molar-refractivity contribution in [3.05, 3.63) is 41.2 Å². The Morgan fingerprint density at radius 2 is 1.95 bits per heavy atom. The zero-order chi connectivity index (χ0) is 15.1. The van der Waals surface area contributed by atoms with E-state index >= 15 is 0 Å². The van der Waals surface area contributed by atoms with Crippen LogP contribution in [-0.2, 0) is 19.6 Å². The first-order chi connectivity index (χ1) is 10.3. The lowest BCUT2D eigenvalue weighted by Crippen LogP contribution is -2.07. The van der Waals surface area contributed by atoms with Gasteiger partial charge in [0.25, 0.3) is 0 Å². The summed E-state index contributed by atoms with van der Waals surface area (Å²) in [5.41, 5.74) is 2.82. The Morgan fingerprint density at radius 1 is 1.19 bits per heavy atom. The number of nitrogens with zero attached hydrogens (tertiary/aromatic N) is 3. The number of aliphatic hydroxyl groups excluding tert-OH is 1. The minimum Gasteiger partial charge on any atom is -0.497 e. The normalized spacial score (nSPS) is 10.8. The summed E-state index contributed by atoms with van der Waals surface area (Å²) in [6, 6.07) is 7.95. The summed E-state index contributed by atoms with van der Waals surface area (Å²) in [5.74, 6) is 0.843. The third kappa shape index (κ3) is 4.04. The molecular formula is C16H23N3O2. The van der Waals surface area contributed by atoms with E-state index in [-0.39, 0.29) is 6.61 Å². The van der Waals surface area contributed by atoms with Crippen LogP contribution in [0.5, 0.6) is 5.75 Å². The van der Waals surface area contributed by atoms with E-state index < -0.39 is 0 Å². The zero-order valence-electron chi connectivity index (χ0n) is 12.7. The molecule has 5 nitrogen and oxygen atoms in total. The highest BCUT2D eigenvalue weighted by Gasteiger charge is 2.12. The van der Waals surface area contributed by atoms with Gasteiger partial charge in [0, 0.05) is 13.0 Å². The van der Waals surface area contributed by atoms with Gasteiger partial charge in [0.1, 0.15) is 11.4 Å². The second-order valence-electron chi connectivity index (χ2n) is 5.10. The summed E-state index contributed by atoms with van der Waals surface area (Å²) in [5, 5.41) is 17.7. The molecule has 0 aliphatic rings. The molecule has 1 heterocycles. The van der Waals surface area contributed by atoms with Crippen molar-refractivity contribution < 1.29 is 9.84 Å². The van der Waals surface area contributed by atoms with E-state index in [4.69, 9.17) is 4.74 Å². The Hall–Kier alpha value is -1.88. The number of hydrogen-bond donors (Lipinski definition) is 1. The molecule has 0 fully saturated rings. The summed E-state index contributed by atoms with van der Waals surface area (Å²) in [6.45, 7) is 2.96. The number of aliphatic hydroxyl groups is 1. The van der Waals surface area contributed by atoms with Gasteiger partial charge in [-0.2, -0.15) is 0 Å². The van der Waals surface area contributed by atoms with Crippen LogP contribution in [0.4, 0.5) is 0 Å². The van der Waals surface area contributed by atoms with Gasteiger partial charge in [-0.15, -0.1) is 5.10 Å². The molecule has 114 valence electrons. The number of ether oxygens (including phenoxy) is 1. The average molecular weight is 289 g/mol. The fraction of sp³-hybridized carbons (Fsp3) is 0.500. The number of hydrogen-bond acceptors (Lipinski definition) is 4. The molecule has 1 aromatic heterocycles. The van der Waals surface area contributed by atoms with Gasteiger partial charge in [-0.1, -0.05) is 37.1 Å². The van der Waals surface area contributed by atoms with Crippen LogP contribution in [0.1, 0.15) is 43.1 Å². The van der Waals surface area contributed by atoms with Crippen LogP contribution in [-0.4, -0.2) is 27.2 Å². The first kappa shape index (κ1) is 15.5. The standard InChI is InChI=1S/C16H23N3O2/c1-3-4-5-10-19-16(15(12-20)17-18-19)11-13-6-8-14(21-2)9-7-13/h6-9,20H,3-5,10-12H2,1-2H3. The first-order valence-electron chi connectivity index (χ1n) is 7.43. The molecule has 0 amide bonds. The molecule has 0 unspecified atom stereocenters. The lowest BCUT2D eigenvalue weighted by molar-refractivity contribution is 0.275. The van der Waals surface area contributed by atoms with Gasteiger partial charge >= 0.3 is 0 Å². The maximum absolute atomic E-state index is 9.43. The molecule has 0 saturated heterocycles. The van der Waals surface area contributed by atoms with Crippen molar-refractivity contribution in [2.45, 2.75) is 45.8 Å². The van der Waals surface area contributed by atoms with Crippen molar-refractivity contribution in [3.63, 3.8) is 0 Å². The fourth-order valence-electron chi connectivity index (χ4n) is 2.31. The lowest BCUT2D eigenvalue weighted by Gasteiger charge is -2.08. The van der Waals surface area contributed by atoms with Gasteiger partial charge in [-0.05, 0) is 24.1 Å². The first-order valence-corrected chi connectivity index (χ1v) is 7.43. The number of aromatic nitrogens is 3. The van der Waals surface area contributed by atoms with Crippen molar-refractivity contribution >= 4 is 0 Å². The van der Waals surface area contributed by atoms with Crippen LogP contribution >= 0.6 is 0 Å². The van der Waals surface area contributed by atoms with Gasteiger partial charge < -0.3 is 9.84 Å². The Morgan fingerprint density at radius 3 is 2.57 bits per heavy atom. The Kier molecular flexibility index (Phi) is 5.75. The van der Waals surface area contributed by atoms with Crippen molar-refractivity contribution in [1.82, 2.24) is 15.0 Å². The molecule has 21 heavy (non-hydrogen) atoms. The van der Waals surface area contributed by atoms with Gasteiger partial charge in [0.2, 0.25) is 0 Å². The van der Waals surface area contributed by atoms with Crippen molar-refractivity contribution in [1.29, 1.82) is 0 Å². The second kappa shape index (κ2) is 7.78. The number of aryl methyl sites for hydroxylation is 1. The third-order valence-corrected chi connectivity index (χ3v) is 3.57. The van der Waals surface area contributed by atoms with E-state index in [0.717, 1.165) is 36.4 Å². The summed E-state index contributed by atoms with van der Waals surface area (Å²) in [4.78, 5) is 0. The van der Waals surface area contributed by atoms with E-state index in [1.165, 1.54) is 12.8 Å². The molecule has 0 aliphatic carbocycles. The largest absolute Gasteiger partial charge is 0.497 e. The van der Waals surface area contributed by atoms with Crippen LogP contribution in [0.2, 0.25) is 0 Å². The van der Waals surface area contributed by atoms with E-state index in [2.05, 4.69) is 17.2 Å². The molecule has 0 aliphatic heterocycles. The Balaban J connectivity index is 2.14. The number of methoxy groups -OCH3 is 1. The van der Waals surface area contributed by atoms with Crippen molar-refractivity contribution in [2.24, 2.45) is 0 Å². The zero-order valence-corrected chi connectivity index (χ0v) is 12.7. The molecule has 2 rings (SSSR count). The summed E-state index contributed by atoms with van der Waals surface area (Å²) >= 11 is 0. The van der Waals surface area contributed by atoms with Gasteiger partial charge in [0.15, 0.2) is 0 Å². The molecule has 5 heteroatoms. The van der Waals surface area contributed by atoms with Crippen molar-refractivity contribution in [3.8, 4) is 5.75 Å². The minimum atomic E-state index is -0.0702. The SMILES string of the molecule is CCCCCn1nnc(CO)c1Cc1ccc(OC)cc1. The lowest BCUT2D eigenvalue weighted by atomic mass is 10.1. The van der Waals surface area contributed by atoms with Gasteiger partial charge in [-0.25, -0.2) is 4.68 Å². The summed E-state index contributed by atoms with van der Waals surface area (Å²) < 4.78 is 7.09. The van der Waals surface area contributed by atoms with Crippen LogP contribution in [0.15, 0.2) is 24.3 Å². The second-order valence-corrected chi connectivity index (χ2v) is 5.10. The minimum absolute atomic E-state index is 0.0702. The molecule has 1 N–H and O–H groups in total. The highest BCUT2D eigenvalue weighted by molar-refractivity contribution is 5.30. The highest BCUT2D eigenvalue weighted by Crippen LogP contribution is 2.17. The molecular weight excluding hydrogens is 266 g/mol. The van der Waals surface area contributed by atoms with Crippen LogP contribution in [0.3, 0.4) is 0 Å². The Bertz CT molecular complexity index is 549. The average Bonchev–Trinajstić information content (AvgIpc) is 2.90. The predicted octanol–water partition coefficient (Wildman–Crippen LogP) is 2.56. The molecule has 0 saturated carbocycles. The van der Waals surface area contributed by atoms with Crippen LogP contribution < -0.4 is 4.74 Å². The van der Waals surface area contributed by atoms with E-state index in [0.29, 0.717) is 5.69 Å². The number of benzene rings is 1. The predicted molar refractivity (Wildman–Crippen MR) is 81.3 cm³/mol. The maximum atomic E-state index is 9.43. The number of rotatable bonds is 8. The van der Waals surface area contributed by atoms with Crippen LogP contribution in [0.25, 0.3) is 0 Å². The smallest absolute Gasteiger partial charge is 0.118 e. The molecule has 0 spiro atoms. The number of unbranched alkanes of at least 4 members (excludes halogenated alkanes) is 2.